The fourth-order valence-corrected chi connectivity index (χ4v) is 0.881. The number of benzene rings is 1. The quantitative estimate of drug-likeness (QED) is 0.542. The van der Waals surface area contributed by atoms with E-state index in [1.165, 1.54) is 0 Å². The van der Waals surface area contributed by atoms with E-state index in [9.17, 15) is 9.18 Å². The van der Waals surface area contributed by atoms with Crippen molar-refractivity contribution in [2.75, 3.05) is 6.61 Å². The molecule has 0 radical (unpaired) electrons. The molecule has 1 aromatic rings. The second-order valence-corrected chi connectivity index (χ2v) is 2.72. The van der Waals surface area contributed by atoms with Gasteiger partial charge in [0.1, 0.15) is 6.61 Å². The van der Waals surface area contributed by atoms with Gasteiger partial charge in [0.25, 0.3) is 0 Å². The van der Waals surface area contributed by atoms with Gasteiger partial charge in [0.2, 0.25) is 0 Å². The minimum atomic E-state index is -1.30. The van der Waals surface area contributed by atoms with Crippen molar-refractivity contribution in [3.8, 4) is 0 Å². The largest absolute Gasteiger partial charge is 0.459 e. The number of carbonyl (C=O) groups excluding carboxylic acids is 1. The molecule has 2 nitrogen and oxygen atoms in total. The maximum absolute atomic E-state index is 12.6. The molecule has 14 heavy (non-hydrogen) atoms. The smallest absolute Gasteiger partial charge is 0.338 e. The molecule has 0 amide bonds. The van der Waals surface area contributed by atoms with Crippen LogP contribution in [-0.4, -0.2) is 18.7 Å². The molecule has 0 aliphatic heterocycles. The van der Waals surface area contributed by atoms with Crippen molar-refractivity contribution >= 4 is 5.97 Å². The maximum atomic E-state index is 12.6. The molecule has 1 aromatic carbocycles. The molecule has 74 valence electrons. The lowest BCUT2D eigenvalue weighted by Gasteiger charge is -2.05. The van der Waals surface area contributed by atoms with Crippen LogP contribution in [0.3, 0.4) is 0 Å². The van der Waals surface area contributed by atoms with Crippen molar-refractivity contribution in [1.82, 2.24) is 0 Å². The summed E-state index contributed by atoms with van der Waals surface area (Å²) in [7, 11) is 0. The Bertz CT molecular complexity index is 308. The van der Waals surface area contributed by atoms with E-state index in [4.69, 9.17) is 4.74 Å². The van der Waals surface area contributed by atoms with Crippen molar-refractivity contribution < 1.29 is 13.9 Å². The van der Waals surface area contributed by atoms with Gasteiger partial charge < -0.3 is 4.74 Å². The number of carbonyl (C=O) groups is 1. The summed E-state index contributed by atoms with van der Waals surface area (Å²) in [6.45, 7) is 2.96. The minimum Gasteiger partial charge on any atom is -0.459 e. The van der Waals surface area contributed by atoms with Crippen LogP contribution in [0.4, 0.5) is 4.39 Å². The molecule has 0 aliphatic rings. The van der Waals surface area contributed by atoms with E-state index in [0.717, 1.165) is 6.08 Å². The molecule has 1 rings (SSSR count). The predicted molar refractivity (Wildman–Crippen MR) is 51.8 cm³/mol. The van der Waals surface area contributed by atoms with Crippen LogP contribution in [0.15, 0.2) is 43.0 Å². The van der Waals surface area contributed by atoms with Gasteiger partial charge in [-0.15, -0.1) is 6.58 Å². The summed E-state index contributed by atoms with van der Waals surface area (Å²) >= 11 is 0. The summed E-state index contributed by atoms with van der Waals surface area (Å²) in [5, 5.41) is 0. The van der Waals surface area contributed by atoms with Crippen LogP contribution in [0.5, 0.6) is 0 Å². The lowest BCUT2D eigenvalue weighted by atomic mass is 10.2. The SMILES string of the molecule is C=CC([18F])COC(=O)c1ccccc1. The number of hydrogen-bond acceptors (Lipinski definition) is 2. The summed E-state index contributed by atoms with van der Waals surface area (Å²) in [5.74, 6) is -0.518. The van der Waals surface area contributed by atoms with Gasteiger partial charge in [-0.05, 0) is 12.1 Å². The van der Waals surface area contributed by atoms with Gasteiger partial charge in [0, 0.05) is 0 Å². The van der Waals surface area contributed by atoms with E-state index < -0.39 is 12.1 Å². The molecular formula is C11H11FO2. The molecule has 0 aliphatic carbocycles. The van der Waals surface area contributed by atoms with Crippen LogP contribution in [0, 0.1) is 0 Å². The molecule has 0 fully saturated rings. The molecule has 0 bridgehead atoms. The lowest BCUT2D eigenvalue weighted by molar-refractivity contribution is 0.0437. The van der Waals surface area contributed by atoms with Gasteiger partial charge >= 0.3 is 5.97 Å². The van der Waals surface area contributed by atoms with Crippen molar-refractivity contribution in [3.05, 3.63) is 48.6 Å². The van der Waals surface area contributed by atoms with Crippen molar-refractivity contribution in [2.45, 2.75) is 6.17 Å². The van der Waals surface area contributed by atoms with Gasteiger partial charge in [-0.1, -0.05) is 24.3 Å². The number of alkyl halides is 1. The lowest BCUT2D eigenvalue weighted by Crippen LogP contribution is -2.12. The molecule has 3 heteroatoms. The zero-order valence-electron chi connectivity index (χ0n) is 7.65. The van der Waals surface area contributed by atoms with Gasteiger partial charge in [-0.25, -0.2) is 9.18 Å². The molecule has 0 aromatic heterocycles. The topological polar surface area (TPSA) is 26.3 Å². The standard InChI is InChI=1S/C11H11FO2/c1-2-10(12)8-14-11(13)9-6-4-3-5-7-9/h2-7,10H,1,8H2/i12-1. The van der Waals surface area contributed by atoms with E-state index in [1.54, 1.807) is 30.3 Å². The molecule has 0 heterocycles. The highest BCUT2D eigenvalue weighted by Gasteiger charge is 2.08. The maximum Gasteiger partial charge on any atom is 0.338 e. The van der Waals surface area contributed by atoms with Crippen LogP contribution in [0.25, 0.3) is 0 Å². The average Bonchev–Trinajstić information content (AvgIpc) is 2.26. The fourth-order valence-electron chi connectivity index (χ4n) is 0.881. The molecule has 0 saturated heterocycles. The molecular weight excluding hydrogens is 182 g/mol. The molecule has 0 N–H and O–H groups in total. The molecule has 0 spiro atoms. The van der Waals surface area contributed by atoms with Crippen LogP contribution in [0.1, 0.15) is 10.4 Å². The highest BCUT2D eigenvalue weighted by molar-refractivity contribution is 5.89. The Kier molecular flexibility index (Phi) is 3.85. The predicted octanol–water partition coefficient (Wildman–Crippen LogP) is 2.37. The van der Waals surface area contributed by atoms with Gasteiger partial charge in [-0.3, -0.25) is 0 Å². The van der Waals surface area contributed by atoms with Crippen LogP contribution >= 0.6 is 0 Å². The third-order valence-corrected chi connectivity index (χ3v) is 1.64. The number of halogens is 1. The van der Waals surface area contributed by atoms with Gasteiger partial charge in [-0.2, -0.15) is 0 Å². The second kappa shape index (κ2) is 5.17. The Morgan fingerprint density at radius 1 is 1.50 bits per heavy atom. The first-order valence-corrected chi connectivity index (χ1v) is 4.23. The Labute approximate surface area is 82.0 Å². The van der Waals surface area contributed by atoms with E-state index in [1.807, 2.05) is 0 Å². The average molecular weight is 193 g/mol. The number of ether oxygens (including phenoxy) is 1. The Morgan fingerprint density at radius 2 is 2.14 bits per heavy atom. The molecule has 1 atom stereocenters. The Balaban J connectivity index is 2.47. The van der Waals surface area contributed by atoms with E-state index in [0.29, 0.717) is 5.56 Å². The van der Waals surface area contributed by atoms with E-state index in [-0.39, 0.29) is 6.61 Å². The first kappa shape index (κ1) is 10.4. The van der Waals surface area contributed by atoms with Gasteiger partial charge in [0.15, 0.2) is 6.17 Å². The van der Waals surface area contributed by atoms with Crippen LogP contribution in [-0.2, 0) is 4.74 Å². The zero-order valence-corrected chi connectivity index (χ0v) is 7.65. The number of hydrogen-bond donors (Lipinski definition) is 0. The Hall–Kier alpha value is -1.64. The number of esters is 1. The molecule has 0 saturated carbocycles. The zero-order chi connectivity index (χ0) is 10.4. The minimum absolute atomic E-state index is 0.281. The monoisotopic (exact) mass is 193 g/mol. The van der Waals surface area contributed by atoms with E-state index >= 15 is 0 Å². The highest BCUT2D eigenvalue weighted by Crippen LogP contribution is 2.02. The summed E-state index contributed by atoms with van der Waals surface area (Å²) in [5.41, 5.74) is 0.420. The summed E-state index contributed by atoms with van der Waals surface area (Å²) in [6.07, 6.45) is -0.208. The van der Waals surface area contributed by atoms with Gasteiger partial charge in [0.05, 0.1) is 5.56 Å². The van der Waals surface area contributed by atoms with E-state index in [2.05, 4.69) is 6.58 Å². The number of rotatable bonds is 4. The summed E-state index contributed by atoms with van der Waals surface area (Å²) < 4.78 is 17.3. The second-order valence-electron chi connectivity index (χ2n) is 2.72. The molecule has 1 unspecified atom stereocenters. The van der Waals surface area contributed by atoms with Crippen molar-refractivity contribution in [3.63, 3.8) is 0 Å². The third kappa shape index (κ3) is 3.01. The summed E-state index contributed by atoms with van der Waals surface area (Å²) in [4.78, 5) is 11.2. The van der Waals surface area contributed by atoms with Crippen LogP contribution in [0.2, 0.25) is 0 Å². The normalized spacial score (nSPS) is 11.8. The van der Waals surface area contributed by atoms with Crippen molar-refractivity contribution in [1.29, 1.82) is 0 Å². The first-order chi connectivity index (χ1) is 6.74. The summed E-state index contributed by atoms with van der Waals surface area (Å²) in [6, 6.07) is 8.46. The first-order valence-electron chi connectivity index (χ1n) is 4.23. The van der Waals surface area contributed by atoms with Crippen molar-refractivity contribution in [2.24, 2.45) is 0 Å². The third-order valence-electron chi connectivity index (χ3n) is 1.64. The fraction of sp³-hybridized carbons (Fsp3) is 0.182. The highest BCUT2D eigenvalue weighted by atomic mass is 18.2. The van der Waals surface area contributed by atoms with Crippen LogP contribution < -0.4 is 0 Å². The Morgan fingerprint density at radius 3 is 2.71 bits per heavy atom.